The summed E-state index contributed by atoms with van der Waals surface area (Å²) in [4.78, 5) is 17.8. The molecule has 0 radical (unpaired) electrons. The Balaban J connectivity index is 1.90. The predicted molar refractivity (Wildman–Crippen MR) is 108 cm³/mol. The average Bonchev–Trinajstić information content (AvgIpc) is 3.15. The van der Waals surface area contributed by atoms with E-state index in [9.17, 15) is 4.79 Å². The van der Waals surface area contributed by atoms with Gasteiger partial charge in [-0.05, 0) is 42.5 Å². The molecule has 0 N–H and O–H groups in total. The number of nitrogens with zero attached hydrogens (tertiary/aromatic N) is 2. The second-order valence-electron chi connectivity index (χ2n) is 6.20. The summed E-state index contributed by atoms with van der Waals surface area (Å²) in [6.07, 6.45) is 0. The lowest BCUT2D eigenvalue weighted by atomic mass is 10.2. The zero-order valence-corrected chi connectivity index (χ0v) is 14.9. The Morgan fingerprint density at radius 1 is 0.889 bits per heavy atom. The molecule has 0 aliphatic carbocycles. The van der Waals surface area contributed by atoms with E-state index in [2.05, 4.69) is 4.98 Å². The van der Waals surface area contributed by atoms with E-state index in [-0.39, 0.29) is 5.56 Å². The van der Waals surface area contributed by atoms with Crippen molar-refractivity contribution in [1.82, 2.24) is 9.55 Å². The summed E-state index contributed by atoms with van der Waals surface area (Å²) in [5.74, 6) is 0.376. The van der Waals surface area contributed by atoms with Crippen LogP contribution in [0.1, 0.15) is 0 Å². The minimum Gasteiger partial charge on any atom is -0.435 e. The normalized spacial score (nSPS) is 11.3. The van der Waals surface area contributed by atoms with Gasteiger partial charge in [0.1, 0.15) is 0 Å². The molecule has 2 heterocycles. The molecule has 0 saturated heterocycles. The number of hydrogen-bond donors (Lipinski definition) is 0. The molecule has 0 amide bonds. The number of hydrogen-bond acceptors (Lipinski definition) is 3. The number of halogens is 1. The number of pyridine rings is 1. The van der Waals surface area contributed by atoms with Gasteiger partial charge in [-0.3, -0.25) is 9.36 Å². The highest BCUT2D eigenvalue weighted by molar-refractivity contribution is 6.30. The van der Waals surface area contributed by atoms with Gasteiger partial charge >= 0.3 is 0 Å². The fraction of sp³-hybridized carbons (Fsp3) is 0. The molecule has 2 aromatic heterocycles. The van der Waals surface area contributed by atoms with Gasteiger partial charge in [-0.15, -0.1) is 0 Å². The lowest BCUT2D eigenvalue weighted by Crippen LogP contribution is -2.19. The first kappa shape index (κ1) is 15.9. The Kier molecular flexibility index (Phi) is 3.59. The van der Waals surface area contributed by atoms with Crippen LogP contribution < -0.4 is 5.56 Å². The zero-order chi connectivity index (χ0) is 18.4. The summed E-state index contributed by atoms with van der Waals surface area (Å²) in [6.45, 7) is 0. The van der Waals surface area contributed by atoms with E-state index >= 15 is 0 Å². The van der Waals surface area contributed by atoms with Crippen molar-refractivity contribution >= 4 is 33.6 Å². The first-order valence-electron chi connectivity index (χ1n) is 8.48. The zero-order valence-electron chi connectivity index (χ0n) is 14.1. The first-order valence-corrected chi connectivity index (χ1v) is 8.86. The molecule has 0 atom stereocenters. The third kappa shape index (κ3) is 2.54. The molecule has 0 bridgehead atoms. The molecule has 130 valence electrons. The van der Waals surface area contributed by atoms with Gasteiger partial charge in [-0.1, -0.05) is 48.0 Å². The third-order valence-corrected chi connectivity index (χ3v) is 4.74. The summed E-state index contributed by atoms with van der Waals surface area (Å²) in [5.41, 5.74) is 2.86. The Bertz CT molecular complexity index is 1350. The maximum Gasteiger partial charge on any atom is 0.285 e. The minimum atomic E-state index is -0.216. The number of para-hydroxylation sites is 2. The van der Waals surface area contributed by atoms with Crippen LogP contribution in [0.4, 0.5) is 0 Å². The van der Waals surface area contributed by atoms with Crippen molar-refractivity contribution in [1.29, 1.82) is 0 Å². The monoisotopic (exact) mass is 372 g/mol. The van der Waals surface area contributed by atoms with Crippen molar-refractivity contribution in [3.05, 3.63) is 94.2 Å². The van der Waals surface area contributed by atoms with Crippen LogP contribution in [0.3, 0.4) is 0 Å². The van der Waals surface area contributed by atoms with Crippen LogP contribution in [0, 0.1) is 0 Å². The number of fused-ring (bicyclic) bond motifs is 3. The SMILES string of the molecule is O=c1c2nc(-c3cccc(Cl)c3)oc2c2ccccc2n1-c1ccccc1. The number of benzene rings is 3. The lowest BCUT2D eigenvalue weighted by molar-refractivity contribution is 0.622. The second-order valence-corrected chi connectivity index (χ2v) is 6.64. The summed E-state index contributed by atoms with van der Waals surface area (Å²) < 4.78 is 7.68. The van der Waals surface area contributed by atoms with Gasteiger partial charge in [-0.25, -0.2) is 4.98 Å². The molecule has 0 unspecified atom stereocenters. The maximum absolute atomic E-state index is 13.3. The molecule has 0 spiro atoms. The fourth-order valence-electron chi connectivity index (χ4n) is 3.30. The van der Waals surface area contributed by atoms with Crippen molar-refractivity contribution in [3.8, 4) is 17.1 Å². The van der Waals surface area contributed by atoms with Crippen LogP contribution in [0.15, 0.2) is 88.1 Å². The smallest absolute Gasteiger partial charge is 0.285 e. The van der Waals surface area contributed by atoms with E-state index in [0.717, 1.165) is 22.2 Å². The molecule has 5 aromatic rings. The van der Waals surface area contributed by atoms with Crippen LogP contribution in [-0.4, -0.2) is 9.55 Å². The second kappa shape index (κ2) is 6.11. The molecular formula is C22H13ClN2O2. The first-order chi connectivity index (χ1) is 13.2. The maximum atomic E-state index is 13.3. The molecule has 0 aliphatic rings. The van der Waals surface area contributed by atoms with Gasteiger partial charge in [-0.2, -0.15) is 0 Å². The minimum absolute atomic E-state index is 0.216. The van der Waals surface area contributed by atoms with Gasteiger partial charge in [0.25, 0.3) is 5.56 Å². The highest BCUT2D eigenvalue weighted by atomic mass is 35.5. The molecule has 5 heteroatoms. The highest BCUT2D eigenvalue weighted by Gasteiger charge is 2.18. The number of rotatable bonds is 2. The summed E-state index contributed by atoms with van der Waals surface area (Å²) >= 11 is 6.09. The van der Waals surface area contributed by atoms with E-state index in [0.29, 0.717) is 22.0 Å². The van der Waals surface area contributed by atoms with Crippen molar-refractivity contribution in [2.75, 3.05) is 0 Å². The quantitative estimate of drug-likeness (QED) is 0.414. The topological polar surface area (TPSA) is 48.0 Å². The van der Waals surface area contributed by atoms with Gasteiger partial charge in [0.05, 0.1) is 5.52 Å². The standard InChI is InChI=1S/C22H13ClN2O2/c23-15-8-6-7-14(13-15)21-24-19-20(27-21)17-11-4-5-12-18(17)25(22(19)26)16-9-2-1-3-10-16/h1-13H. The Hall–Kier alpha value is -3.37. The predicted octanol–water partition coefficient (Wildman–Crippen LogP) is 5.45. The van der Waals surface area contributed by atoms with Crippen molar-refractivity contribution < 1.29 is 4.42 Å². The van der Waals surface area contributed by atoms with E-state index < -0.39 is 0 Å². The van der Waals surface area contributed by atoms with Crippen LogP contribution in [0.25, 0.3) is 39.1 Å². The molecule has 0 saturated carbocycles. The van der Waals surface area contributed by atoms with E-state index in [4.69, 9.17) is 16.0 Å². The summed E-state index contributed by atoms with van der Waals surface area (Å²) in [5, 5.41) is 1.41. The van der Waals surface area contributed by atoms with Gasteiger partial charge < -0.3 is 4.42 Å². The Morgan fingerprint density at radius 3 is 2.48 bits per heavy atom. The summed E-state index contributed by atoms with van der Waals surface area (Å²) in [7, 11) is 0. The van der Waals surface area contributed by atoms with Crippen LogP contribution in [-0.2, 0) is 0 Å². The molecular weight excluding hydrogens is 360 g/mol. The average molecular weight is 373 g/mol. The molecule has 5 rings (SSSR count). The molecule has 0 aliphatic heterocycles. The summed E-state index contributed by atoms with van der Waals surface area (Å²) in [6, 6.07) is 24.4. The fourth-order valence-corrected chi connectivity index (χ4v) is 3.49. The van der Waals surface area contributed by atoms with Crippen molar-refractivity contribution in [2.24, 2.45) is 0 Å². The van der Waals surface area contributed by atoms with E-state index in [1.165, 1.54) is 0 Å². The molecule has 0 fully saturated rings. The molecule has 27 heavy (non-hydrogen) atoms. The van der Waals surface area contributed by atoms with Crippen LogP contribution in [0.5, 0.6) is 0 Å². The molecule has 3 aromatic carbocycles. The van der Waals surface area contributed by atoms with Crippen LogP contribution in [0.2, 0.25) is 5.02 Å². The van der Waals surface area contributed by atoms with Gasteiger partial charge in [0.2, 0.25) is 5.89 Å². The Morgan fingerprint density at radius 2 is 1.67 bits per heavy atom. The van der Waals surface area contributed by atoms with E-state index in [1.807, 2.05) is 66.7 Å². The van der Waals surface area contributed by atoms with Crippen molar-refractivity contribution in [3.63, 3.8) is 0 Å². The highest BCUT2D eigenvalue weighted by Crippen LogP contribution is 2.30. The van der Waals surface area contributed by atoms with Crippen LogP contribution >= 0.6 is 11.6 Å². The third-order valence-electron chi connectivity index (χ3n) is 4.51. The van der Waals surface area contributed by atoms with E-state index in [1.54, 1.807) is 16.7 Å². The van der Waals surface area contributed by atoms with Gasteiger partial charge in [0, 0.05) is 21.7 Å². The lowest BCUT2D eigenvalue weighted by Gasteiger charge is -2.10. The van der Waals surface area contributed by atoms with Gasteiger partial charge in [0.15, 0.2) is 11.1 Å². The largest absolute Gasteiger partial charge is 0.435 e. The Labute approximate surface area is 159 Å². The van der Waals surface area contributed by atoms with Crippen molar-refractivity contribution in [2.45, 2.75) is 0 Å². The molecule has 4 nitrogen and oxygen atoms in total. The number of oxazole rings is 1. The number of aromatic nitrogens is 2.